The third-order valence-electron chi connectivity index (χ3n) is 22.0. The number of aryl methyl sites for hydroxylation is 2. The highest BCUT2D eigenvalue weighted by Crippen LogP contribution is 2.63. The largest absolute Gasteiger partial charge is 0.454 e. The fourth-order valence-electron chi connectivity index (χ4n) is 17.6. The maximum absolute atomic E-state index is 6.83. The molecule has 2 fully saturated rings. The van der Waals surface area contributed by atoms with Crippen molar-refractivity contribution in [1.29, 1.82) is 0 Å². The molecule has 6 aliphatic rings. The predicted molar refractivity (Wildman–Crippen MR) is 367 cm³/mol. The molecular formula is C78H67BCl2N4O2. The molecule has 0 radical (unpaired) electrons. The van der Waals surface area contributed by atoms with E-state index in [-0.39, 0.29) is 28.6 Å². The summed E-state index contributed by atoms with van der Waals surface area (Å²) in [5.41, 5.74) is 25.1. The van der Waals surface area contributed by atoms with Crippen molar-refractivity contribution in [2.24, 2.45) is 0 Å². The van der Waals surface area contributed by atoms with Crippen LogP contribution in [-0.4, -0.2) is 17.8 Å². The van der Waals surface area contributed by atoms with Crippen LogP contribution >= 0.6 is 23.2 Å². The Morgan fingerprint density at radius 1 is 0.437 bits per heavy atom. The number of hydrogen-bond donors (Lipinski definition) is 0. The molecule has 12 aromatic rings. The maximum Gasteiger partial charge on any atom is 0.252 e. The lowest BCUT2D eigenvalue weighted by molar-refractivity contribution is 0.195. The van der Waals surface area contributed by atoms with Crippen molar-refractivity contribution in [3.8, 4) is 0 Å². The molecule has 10 aromatic carbocycles. The number of furan rings is 2. The van der Waals surface area contributed by atoms with Crippen LogP contribution in [0.5, 0.6) is 0 Å². The van der Waals surface area contributed by atoms with Gasteiger partial charge in [0.05, 0.1) is 22.5 Å². The van der Waals surface area contributed by atoms with E-state index in [1.807, 2.05) is 36.4 Å². The number of para-hydroxylation sites is 6. The van der Waals surface area contributed by atoms with Crippen LogP contribution in [0.15, 0.2) is 209 Å². The maximum atomic E-state index is 6.83. The molecule has 87 heavy (non-hydrogen) atoms. The van der Waals surface area contributed by atoms with Gasteiger partial charge in [-0.1, -0.05) is 172 Å². The van der Waals surface area contributed by atoms with E-state index in [9.17, 15) is 0 Å². The molecule has 2 aliphatic carbocycles. The fourth-order valence-corrected chi connectivity index (χ4v) is 18.0. The van der Waals surface area contributed by atoms with Crippen molar-refractivity contribution in [2.45, 2.75) is 115 Å². The van der Waals surface area contributed by atoms with Gasteiger partial charge in [-0.2, -0.15) is 0 Å². The number of anilines is 10. The van der Waals surface area contributed by atoms with Gasteiger partial charge in [-0.3, -0.25) is 0 Å². The molecular weight excluding hydrogens is 1110 g/mol. The fraction of sp³-hybridized carbons (Fsp3) is 0.231. The summed E-state index contributed by atoms with van der Waals surface area (Å²) in [6, 6.07) is 72.2. The zero-order valence-corrected chi connectivity index (χ0v) is 51.7. The highest BCUT2D eigenvalue weighted by Gasteiger charge is 2.62. The van der Waals surface area contributed by atoms with Crippen molar-refractivity contribution in [3.63, 3.8) is 0 Å². The Bertz CT molecular complexity index is 4870. The average molecular weight is 1170 g/mol. The van der Waals surface area contributed by atoms with Gasteiger partial charge in [0, 0.05) is 87.9 Å². The summed E-state index contributed by atoms with van der Waals surface area (Å²) in [6.07, 6.45) is 9.87. The van der Waals surface area contributed by atoms with Crippen molar-refractivity contribution < 1.29 is 8.83 Å². The van der Waals surface area contributed by atoms with Crippen LogP contribution in [0, 0.1) is 13.8 Å². The zero-order valence-electron chi connectivity index (χ0n) is 50.1. The van der Waals surface area contributed by atoms with Gasteiger partial charge in [-0.25, -0.2) is 0 Å². The smallest absolute Gasteiger partial charge is 0.252 e. The summed E-state index contributed by atoms with van der Waals surface area (Å²) in [6.45, 7) is 14.6. The molecule has 4 unspecified atom stereocenters. The molecule has 6 heterocycles. The van der Waals surface area contributed by atoms with Crippen LogP contribution in [0.2, 0.25) is 10.0 Å². The molecule has 2 aromatic heterocycles. The highest BCUT2D eigenvalue weighted by atomic mass is 35.5. The van der Waals surface area contributed by atoms with E-state index in [4.69, 9.17) is 32.0 Å². The first-order valence-corrected chi connectivity index (χ1v) is 32.1. The molecule has 0 spiro atoms. The summed E-state index contributed by atoms with van der Waals surface area (Å²) in [4.78, 5) is 10.2. The molecule has 428 valence electrons. The number of benzene rings is 10. The predicted octanol–water partition coefficient (Wildman–Crippen LogP) is 20.7. The van der Waals surface area contributed by atoms with E-state index in [1.165, 1.54) is 112 Å². The van der Waals surface area contributed by atoms with Crippen molar-refractivity contribution in [3.05, 3.63) is 232 Å². The second-order valence-corrected chi connectivity index (χ2v) is 27.5. The summed E-state index contributed by atoms with van der Waals surface area (Å²) in [5.74, 6) is 0. The SMILES string of the molecule is Cc1cc(N(c2cccc(Cl)c2)c2cccc3c2oc2ccccc23)cc(N2c3ccccc3C3(C)CCCCC23C)c1.Cc1cc2c3c(c1)N1c4c(cccc4C4(C)CCCCC14C)B3c1ccc(Cl)cc1N2c1cccc2c1oc1ccccc12. The minimum Gasteiger partial charge on any atom is -0.454 e. The standard InChI is InChI=1S/C39H32BClN2O.C39H35ClN2O/c1-23-20-32-35-33(21-23)43-36-27(38(2)18-6-7-19-39(38,43)3)12-9-13-29(36)40(35)28-17-16-24(41)22-31(28)42(32)30-14-8-11-26-25-10-4-5-15-34(25)44-37(26)30;1-26-22-29(25-30(23-26)42-34-17-6-5-16-33(34)38(2)20-8-9-21-39(38,42)3)41(28-13-10-12-27(40)24-28)35-18-11-15-32-31-14-4-7-19-36(31)43-37(32)35/h4-5,8-17,20-22H,6-7,18-19H2,1-3H3;4-7,10-19,22-25H,8-9,20-21H2,1-3H3. The first kappa shape index (κ1) is 52.9. The molecule has 6 nitrogen and oxygen atoms in total. The van der Waals surface area contributed by atoms with Gasteiger partial charge in [-0.05, 0) is 183 Å². The Morgan fingerprint density at radius 2 is 1.02 bits per heavy atom. The second kappa shape index (κ2) is 19.1. The zero-order chi connectivity index (χ0) is 58.9. The van der Waals surface area contributed by atoms with Gasteiger partial charge in [0.1, 0.15) is 11.2 Å². The van der Waals surface area contributed by atoms with Crippen LogP contribution in [0.4, 0.5) is 56.9 Å². The average Bonchev–Trinajstić information content (AvgIpc) is 1.58. The van der Waals surface area contributed by atoms with Crippen LogP contribution in [0.3, 0.4) is 0 Å². The minimum absolute atomic E-state index is 0.0140. The number of fused-ring (bicyclic) bond motifs is 16. The Balaban J connectivity index is 0.000000136. The van der Waals surface area contributed by atoms with E-state index < -0.39 is 0 Å². The van der Waals surface area contributed by atoms with Gasteiger partial charge in [0.25, 0.3) is 6.71 Å². The lowest BCUT2D eigenvalue weighted by Gasteiger charge is -2.52. The van der Waals surface area contributed by atoms with Crippen LogP contribution in [-0.2, 0) is 10.8 Å². The minimum atomic E-state index is -0.0143. The summed E-state index contributed by atoms with van der Waals surface area (Å²) in [7, 11) is 0. The first-order valence-electron chi connectivity index (χ1n) is 31.3. The molecule has 4 atom stereocenters. The Hall–Kier alpha value is -8.36. The van der Waals surface area contributed by atoms with Crippen LogP contribution in [0.1, 0.15) is 101 Å². The van der Waals surface area contributed by atoms with E-state index in [0.717, 1.165) is 83.8 Å². The second-order valence-electron chi connectivity index (χ2n) is 26.6. The van der Waals surface area contributed by atoms with Gasteiger partial charge in [0.15, 0.2) is 11.2 Å². The summed E-state index contributed by atoms with van der Waals surface area (Å²) < 4.78 is 13.2. The molecule has 0 saturated heterocycles. The van der Waals surface area contributed by atoms with Gasteiger partial charge in [0.2, 0.25) is 0 Å². The molecule has 9 heteroatoms. The monoisotopic (exact) mass is 1170 g/mol. The number of hydrogen-bond acceptors (Lipinski definition) is 6. The third kappa shape index (κ3) is 7.36. The quantitative estimate of drug-likeness (QED) is 0.160. The number of halogens is 2. The van der Waals surface area contributed by atoms with Gasteiger partial charge in [-0.15, -0.1) is 0 Å². The van der Waals surface area contributed by atoms with Gasteiger partial charge < -0.3 is 28.4 Å². The molecule has 4 aliphatic heterocycles. The molecule has 0 N–H and O–H groups in total. The topological polar surface area (TPSA) is 39.2 Å². The van der Waals surface area contributed by atoms with Crippen LogP contribution < -0.4 is 36.0 Å². The Kier molecular flexibility index (Phi) is 11.6. The lowest BCUT2D eigenvalue weighted by Crippen LogP contribution is -2.64. The lowest BCUT2D eigenvalue weighted by atomic mass is 9.33. The summed E-state index contributed by atoms with van der Waals surface area (Å²) >= 11 is 13.4. The Labute approximate surface area is 519 Å². The van der Waals surface area contributed by atoms with E-state index in [0.29, 0.717) is 5.02 Å². The third-order valence-corrected chi connectivity index (χ3v) is 22.4. The van der Waals surface area contributed by atoms with E-state index in [1.54, 1.807) is 0 Å². The van der Waals surface area contributed by atoms with Crippen LogP contribution in [0.25, 0.3) is 43.9 Å². The molecule has 2 saturated carbocycles. The Morgan fingerprint density at radius 3 is 1.79 bits per heavy atom. The molecule has 0 amide bonds. The summed E-state index contributed by atoms with van der Waals surface area (Å²) in [5, 5.41) is 5.93. The first-order chi connectivity index (χ1) is 42.3. The molecule has 18 rings (SSSR count). The van der Waals surface area contributed by atoms with Gasteiger partial charge >= 0.3 is 0 Å². The van der Waals surface area contributed by atoms with E-state index in [2.05, 4.69) is 225 Å². The number of rotatable bonds is 5. The van der Waals surface area contributed by atoms with Crippen molar-refractivity contribution in [1.82, 2.24) is 0 Å². The normalized spacial score (nSPS) is 22.0. The number of nitrogens with zero attached hydrogens (tertiary/aromatic N) is 4. The molecule has 0 bridgehead atoms. The highest BCUT2D eigenvalue weighted by molar-refractivity contribution is 7.00. The van der Waals surface area contributed by atoms with Crippen molar-refractivity contribution >= 4 is 147 Å². The van der Waals surface area contributed by atoms with Crippen molar-refractivity contribution in [2.75, 3.05) is 19.6 Å². The van der Waals surface area contributed by atoms with E-state index >= 15 is 0 Å².